The van der Waals surface area contributed by atoms with Crippen molar-refractivity contribution in [3.63, 3.8) is 0 Å². The Morgan fingerprint density at radius 2 is 1.58 bits per heavy atom. The molecule has 1 unspecified atom stereocenters. The van der Waals surface area contributed by atoms with Crippen LogP contribution in [0.4, 0.5) is 5.69 Å². The quantitative estimate of drug-likeness (QED) is 0.730. The van der Waals surface area contributed by atoms with Crippen molar-refractivity contribution in [1.29, 1.82) is 0 Å². The lowest BCUT2D eigenvalue weighted by molar-refractivity contribution is -0.129. The third kappa shape index (κ3) is 4.62. The number of carbonyl (C=O) groups excluding carboxylic acids is 1. The highest BCUT2D eigenvalue weighted by molar-refractivity contribution is 7.89. The second kappa shape index (κ2) is 9.01. The summed E-state index contributed by atoms with van der Waals surface area (Å²) >= 11 is 0. The molecule has 31 heavy (non-hydrogen) atoms. The van der Waals surface area contributed by atoms with Gasteiger partial charge in [0.2, 0.25) is 15.9 Å². The molecule has 2 atom stereocenters. The zero-order valence-corrected chi connectivity index (χ0v) is 19.1. The van der Waals surface area contributed by atoms with E-state index in [-0.39, 0.29) is 11.9 Å². The molecule has 1 amide bonds. The van der Waals surface area contributed by atoms with Crippen molar-refractivity contribution in [3.05, 3.63) is 65.7 Å². The number of hydrogen-bond acceptors (Lipinski definition) is 4. The van der Waals surface area contributed by atoms with E-state index in [4.69, 9.17) is 0 Å². The fraction of sp³-hybridized carbons (Fsp3) is 0.458. The van der Waals surface area contributed by atoms with E-state index in [1.54, 1.807) is 11.2 Å². The van der Waals surface area contributed by atoms with Crippen molar-refractivity contribution >= 4 is 21.6 Å². The third-order valence-corrected chi connectivity index (χ3v) is 8.93. The summed E-state index contributed by atoms with van der Waals surface area (Å²) in [4.78, 5) is 15.7. The summed E-state index contributed by atoms with van der Waals surface area (Å²) in [5.41, 5.74) is 2.98. The normalized spacial score (nSPS) is 24.2. The largest absolute Gasteiger partial charge is 0.368 e. The average Bonchev–Trinajstić information content (AvgIpc) is 2.77. The minimum atomic E-state index is -3.42. The Labute approximate surface area is 185 Å². The predicted molar refractivity (Wildman–Crippen MR) is 123 cm³/mol. The fourth-order valence-electron chi connectivity index (χ4n) is 4.62. The maximum Gasteiger partial charge on any atom is 0.221 e. The maximum absolute atomic E-state index is 13.4. The highest BCUT2D eigenvalue weighted by Crippen LogP contribution is 2.38. The van der Waals surface area contributed by atoms with Crippen LogP contribution < -0.4 is 4.90 Å². The Bertz CT molecular complexity index is 1000. The minimum Gasteiger partial charge on any atom is -0.368 e. The van der Waals surface area contributed by atoms with E-state index in [1.807, 2.05) is 54.3 Å². The number of anilines is 1. The number of rotatable bonds is 4. The van der Waals surface area contributed by atoms with Crippen LogP contribution in [0.25, 0.3) is 0 Å². The molecular formula is C24H31N3O3S. The lowest BCUT2D eigenvalue weighted by Gasteiger charge is -2.38. The smallest absolute Gasteiger partial charge is 0.221 e. The lowest BCUT2D eigenvalue weighted by Crippen LogP contribution is -2.48. The molecule has 6 nitrogen and oxygen atoms in total. The number of carbonyl (C=O) groups is 1. The SMILES string of the molecule is CC(=O)N1CCN(c2ccc(CN3[C@H](C)CCC(c4ccccc4)S3(=O)=O)cc2)CC1. The summed E-state index contributed by atoms with van der Waals surface area (Å²) in [5, 5.41) is -0.471. The van der Waals surface area contributed by atoms with Gasteiger partial charge in [0.25, 0.3) is 0 Å². The molecule has 0 aliphatic carbocycles. The molecule has 166 valence electrons. The van der Waals surface area contributed by atoms with Gasteiger partial charge in [-0.25, -0.2) is 8.42 Å². The highest BCUT2D eigenvalue weighted by Gasteiger charge is 2.40. The third-order valence-electron chi connectivity index (χ3n) is 6.56. The van der Waals surface area contributed by atoms with E-state index in [2.05, 4.69) is 17.0 Å². The monoisotopic (exact) mass is 441 g/mol. The summed E-state index contributed by atoms with van der Waals surface area (Å²) in [5.74, 6) is 0.126. The van der Waals surface area contributed by atoms with E-state index < -0.39 is 15.3 Å². The van der Waals surface area contributed by atoms with Crippen LogP contribution in [0.5, 0.6) is 0 Å². The molecule has 7 heteroatoms. The van der Waals surface area contributed by atoms with Gasteiger partial charge in [-0.1, -0.05) is 42.5 Å². The summed E-state index contributed by atoms with van der Waals surface area (Å²) in [6.07, 6.45) is 1.52. The van der Waals surface area contributed by atoms with E-state index in [1.165, 1.54) is 0 Å². The predicted octanol–water partition coefficient (Wildman–Crippen LogP) is 3.41. The van der Waals surface area contributed by atoms with Crippen LogP contribution in [0.2, 0.25) is 0 Å². The first-order chi connectivity index (χ1) is 14.9. The van der Waals surface area contributed by atoms with E-state index in [0.29, 0.717) is 13.0 Å². The van der Waals surface area contributed by atoms with Gasteiger partial charge in [-0.15, -0.1) is 0 Å². The van der Waals surface area contributed by atoms with Crippen LogP contribution in [-0.2, 0) is 21.4 Å². The molecule has 0 bridgehead atoms. The topological polar surface area (TPSA) is 60.9 Å². The van der Waals surface area contributed by atoms with Gasteiger partial charge >= 0.3 is 0 Å². The maximum atomic E-state index is 13.4. The van der Waals surface area contributed by atoms with E-state index in [9.17, 15) is 13.2 Å². The molecule has 2 aromatic carbocycles. The van der Waals surface area contributed by atoms with Crippen LogP contribution in [0.3, 0.4) is 0 Å². The second-order valence-corrected chi connectivity index (χ2v) is 10.6. The number of amides is 1. The summed E-state index contributed by atoms with van der Waals surface area (Å²) in [6.45, 7) is 7.11. The first-order valence-corrected chi connectivity index (χ1v) is 12.5. The average molecular weight is 442 g/mol. The van der Waals surface area contributed by atoms with Gasteiger partial charge in [0, 0.05) is 51.4 Å². The first kappa shape index (κ1) is 21.8. The van der Waals surface area contributed by atoms with Crippen LogP contribution in [0.1, 0.15) is 43.1 Å². The number of nitrogens with zero attached hydrogens (tertiary/aromatic N) is 3. The molecule has 2 saturated heterocycles. The van der Waals surface area contributed by atoms with Crippen molar-refractivity contribution < 1.29 is 13.2 Å². The minimum absolute atomic E-state index is 0.00991. The van der Waals surface area contributed by atoms with E-state index >= 15 is 0 Å². The van der Waals surface area contributed by atoms with Crippen molar-refractivity contribution in [2.45, 2.75) is 44.5 Å². The van der Waals surface area contributed by atoms with E-state index in [0.717, 1.165) is 49.4 Å². The van der Waals surface area contributed by atoms with Crippen molar-refractivity contribution in [1.82, 2.24) is 9.21 Å². The Morgan fingerprint density at radius 1 is 0.935 bits per heavy atom. The molecule has 2 aromatic rings. The summed E-state index contributed by atoms with van der Waals surface area (Å²) in [6, 6.07) is 17.7. The molecule has 0 spiro atoms. The van der Waals surface area contributed by atoms with Crippen LogP contribution in [0.15, 0.2) is 54.6 Å². The van der Waals surface area contributed by atoms with Gasteiger partial charge in [-0.05, 0) is 43.0 Å². The molecule has 0 saturated carbocycles. The van der Waals surface area contributed by atoms with Gasteiger partial charge in [-0.2, -0.15) is 4.31 Å². The molecule has 4 rings (SSSR count). The van der Waals surface area contributed by atoms with Gasteiger partial charge in [0.15, 0.2) is 0 Å². The van der Waals surface area contributed by atoms with Gasteiger partial charge < -0.3 is 9.80 Å². The van der Waals surface area contributed by atoms with Gasteiger partial charge in [0.1, 0.15) is 5.25 Å². The van der Waals surface area contributed by atoms with Crippen molar-refractivity contribution in [2.75, 3.05) is 31.1 Å². The Balaban J connectivity index is 1.46. The Hall–Kier alpha value is -2.38. The van der Waals surface area contributed by atoms with Crippen LogP contribution in [-0.4, -0.2) is 55.8 Å². The van der Waals surface area contributed by atoms with Gasteiger partial charge in [-0.3, -0.25) is 4.79 Å². The summed E-state index contributed by atoms with van der Waals surface area (Å²) < 4.78 is 28.5. The van der Waals surface area contributed by atoms with Crippen LogP contribution >= 0.6 is 0 Å². The molecule has 2 fully saturated rings. The van der Waals surface area contributed by atoms with Gasteiger partial charge in [0.05, 0.1) is 0 Å². The molecule has 0 N–H and O–H groups in total. The molecular weight excluding hydrogens is 410 g/mol. The Kier molecular flexibility index (Phi) is 6.34. The molecule has 0 aromatic heterocycles. The summed E-state index contributed by atoms with van der Waals surface area (Å²) in [7, 11) is -3.42. The first-order valence-electron chi connectivity index (χ1n) is 11.0. The standard InChI is InChI=1S/C24H31N3O3S/c1-19-8-13-24(22-6-4-3-5-7-22)31(29,30)27(19)18-21-9-11-23(12-10-21)26-16-14-25(15-17-26)20(2)28/h3-7,9-12,19,24H,8,13-18H2,1-2H3/t19-,24?/m1/s1. The van der Waals surface area contributed by atoms with Crippen molar-refractivity contribution in [3.8, 4) is 0 Å². The number of benzene rings is 2. The second-order valence-electron chi connectivity index (χ2n) is 8.58. The van der Waals surface area contributed by atoms with Crippen molar-refractivity contribution in [2.24, 2.45) is 0 Å². The zero-order valence-electron chi connectivity index (χ0n) is 18.3. The molecule has 2 aliphatic rings. The zero-order chi connectivity index (χ0) is 22.0. The Morgan fingerprint density at radius 3 is 2.19 bits per heavy atom. The number of hydrogen-bond donors (Lipinski definition) is 0. The molecule has 2 heterocycles. The van der Waals surface area contributed by atoms with Crippen LogP contribution in [0, 0.1) is 0 Å². The molecule has 0 radical (unpaired) electrons. The molecule has 2 aliphatic heterocycles. The lowest BCUT2D eigenvalue weighted by atomic mass is 10.0. The fourth-order valence-corrected chi connectivity index (χ4v) is 6.82. The highest BCUT2D eigenvalue weighted by atomic mass is 32.2. The number of sulfonamides is 1. The number of piperazine rings is 1.